The second-order valence-electron chi connectivity index (χ2n) is 3.90. The van der Waals surface area contributed by atoms with E-state index in [0.717, 1.165) is 0 Å². The van der Waals surface area contributed by atoms with E-state index in [4.69, 9.17) is 27.2 Å². The van der Waals surface area contributed by atoms with Gasteiger partial charge in [0.05, 0.1) is 5.02 Å². The Morgan fingerprint density at radius 2 is 2.17 bits per heavy atom. The Kier molecular flexibility index (Phi) is 5.12. The minimum atomic E-state index is -1.07. The van der Waals surface area contributed by atoms with Crippen LogP contribution in [0.3, 0.4) is 0 Å². The molecule has 1 aromatic rings. The zero-order valence-corrected chi connectivity index (χ0v) is 10.6. The Balaban J connectivity index is 2.73. The van der Waals surface area contributed by atoms with Crippen LogP contribution < -0.4 is 10.5 Å². The number of hydrogen-bond acceptors (Lipinski definition) is 4. The normalized spacial score (nSPS) is 11.9. The summed E-state index contributed by atoms with van der Waals surface area (Å²) in [6, 6.07) is 3.88. The largest absolute Gasteiger partial charge is 0.484 e. The lowest BCUT2D eigenvalue weighted by molar-refractivity contribution is -0.138. The Hall–Kier alpha value is -1.59. The second-order valence-corrected chi connectivity index (χ2v) is 4.31. The molecule has 0 aliphatic heterocycles. The number of Topliss-reactive ketones (excluding diaryl/α,β-unsaturated/α-hetero) is 1. The van der Waals surface area contributed by atoms with E-state index in [-0.39, 0.29) is 18.8 Å². The van der Waals surface area contributed by atoms with Crippen molar-refractivity contribution in [1.82, 2.24) is 0 Å². The van der Waals surface area contributed by atoms with Gasteiger partial charge in [0.2, 0.25) is 0 Å². The minimum absolute atomic E-state index is 0.0479. The fourth-order valence-corrected chi connectivity index (χ4v) is 1.57. The number of ether oxygens (including phenoxy) is 1. The molecule has 98 valence electrons. The number of carboxylic acid groups (broad SMARTS) is 1. The smallest absolute Gasteiger partial charge is 0.320 e. The van der Waals surface area contributed by atoms with E-state index in [2.05, 4.69) is 0 Å². The number of carboxylic acids is 1. The molecule has 6 heteroatoms. The predicted octanol–water partition coefficient (Wildman–Crippen LogP) is 1.26. The molecule has 1 atom stereocenters. The van der Waals surface area contributed by atoms with Crippen molar-refractivity contribution < 1.29 is 19.4 Å². The summed E-state index contributed by atoms with van der Waals surface area (Å²) in [4.78, 5) is 21.4. The number of halogens is 1. The van der Waals surface area contributed by atoms with Crippen molar-refractivity contribution in [2.45, 2.75) is 19.4 Å². The highest BCUT2D eigenvalue weighted by Crippen LogP contribution is 2.25. The number of nitrogens with two attached hydrogens (primary N) is 1. The van der Waals surface area contributed by atoms with Crippen molar-refractivity contribution in [2.75, 3.05) is 6.61 Å². The summed E-state index contributed by atoms with van der Waals surface area (Å²) in [6.07, 6.45) is 0.183. The molecule has 0 saturated heterocycles. The molecule has 0 aliphatic carbocycles. The molecule has 5 nitrogen and oxygen atoms in total. The molecule has 0 saturated carbocycles. The van der Waals surface area contributed by atoms with E-state index in [0.29, 0.717) is 16.3 Å². The van der Waals surface area contributed by atoms with Crippen LogP contribution in [-0.2, 0) is 16.0 Å². The maximum absolute atomic E-state index is 10.8. The molecule has 18 heavy (non-hydrogen) atoms. The Labute approximate surface area is 109 Å². The van der Waals surface area contributed by atoms with E-state index in [9.17, 15) is 9.59 Å². The zero-order chi connectivity index (χ0) is 13.7. The quantitative estimate of drug-likeness (QED) is 0.813. The van der Waals surface area contributed by atoms with E-state index >= 15 is 0 Å². The van der Waals surface area contributed by atoms with Gasteiger partial charge < -0.3 is 15.6 Å². The number of ketones is 1. The van der Waals surface area contributed by atoms with Crippen molar-refractivity contribution >= 4 is 23.4 Å². The highest BCUT2D eigenvalue weighted by atomic mass is 35.5. The van der Waals surface area contributed by atoms with Gasteiger partial charge in [-0.3, -0.25) is 9.59 Å². The first-order valence-corrected chi connectivity index (χ1v) is 5.67. The van der Waals surface area contributed by atoms with Crippen LogP contribution in [0.5, 0.6) is 5.75 Å². The van der Waals surface area contributed by atoms with Gasteiger partial charge in [-0.1, -0.05) is 17.7 Å². The van der Waals surface area contributed by atoms with Crippen molar-refractivity contribution in [3.63, 3.8) is 0 Å². The molecule has 0 aliphatic rings. The van der Waals surface area contributed by atoms with Crippen LogP contribution in [0.2, 0.25) is 5.02 Å². The minimum Gasteiger partial charge on any atom is -0.484 e. The number of hydrogen-bond donors (Lipinski definition) is 2. The second kappa shape index (κ2) is 6.37. The SMILES string of the molecule is CC(=O)COc1ccc(CC(N)C(=O)O)cc1Cl. The number of rotatable bonds is 6. The average Bonchev–Trinajstić information content (AvgIpc) is 2.27. The summed E-state index contributed by atoms with van der Waals surface area (Å²) in [5.41, 5.74) is 6.12. The maximum atomic E-state index is 10.8. The molecule has 0 bridgehead atoms. The van der Waals surface area contributed by atoms with Gasteiger partial charge in [-0.15, -0.1) is 0 Å². The predicted molar refractivity (Wildman–Crippen MR) is 66.9 cm³/mol. The van der Waals surface area contributed by atoms with Crippen molar-refractivity contribution in [3.8, 4) is 5.75 Å². The summed E-state index contributed by atoms with van der Waals surface area (Å²) < 4.78 is 5.18. The summed E-state index contributed by atoms with van der Waals surface area (Å²) in [6.45, 7) is 1.36. The Bertz CT molecular complexity index is 461. The van der Waals surface area contributed by atoms with Crippen LogP contribution in [0.1, 0.15) is 12.5 Å². The molecule has 1 unspecified atom stereocenters. The molecule has 1 rings (SSSR count). The van der Waals surface area contributed by atoms with Gasteiger partial charge in [0.1, 0.15) is 18.4 Å². The lowest BCUT2D eigenvalue weighted by Crippen LogP contribution is -2.32. The third kappa shape index (κ3) is 4.35. The Morgan fingerprint density at radius 3 is 2.67 bits per heavy atom. The number of carbonyl (C=O) groups is 2. The fourth-order valence-electron chi connectivity index (χ4n) is 1.31. The topological polar surface area (TPSA) is 89.6 Å². The van der Waals surface area contributed by atoms with Crippen LogP contribution in [0.4, 0.5) is 0 Å². The summed E-state index contributed by atoms with van der Waals surface area (Å²) in [5.74, 6) is -0.786. The van der Waals surface area contributed by atoms with Gasteiger partial charge in [-0.2, -0.15) is 0 Å². The summed E-state index contributed by atoms with van der Waals surface area (Å²) in [7, 11) is 0. The molecule has 0 fully saturated rings. The summed E-state index contributed by atoms with van der Waals surface area (Å²) >= 11 is 5.95. The standard InChI is InChI=1S/C12H14ClNO4/c1-7(15)6-18-11-3-2-8(4-9(11)13)5-10(14)12(16)17/h2-4,10H,5-6,14H2,1H3,(H,16,17). The molecule has 0 heterocycles. The molecule has 1 aromatic carbocycles. The van der Waals surface area contributed by atoms with Crippen LogP contribution in [0, 0.1) is 0 Å². The number of aliphatic carboxylic acids is 1. The molecule has 0 aromatic heterocycles. The lowest BCUT2D eigenvalue weighted by Gasteiger charge is -2.10. The fraction of sp³-hybridized carbons (Fsp3) is 0.333. The monoisotopic (exact) mass is 271 g/mol. The van der Waals surface area contributed by atoms with E-state index in [1.807, 2.05) is 0 Å². The first kappa shape index (κ1) is 14.5. The van der Waals surface area contributed by atoms with Gasteiger partial charge in [0.25, 0.3) is 0 Å². The number of benzene rings is 1. The average molecular weight is 272 g/mol. The molecule has 0 radical (unpaired) electrons. The van der Waals surface area contributed by atoms with Crippen LogP contribution in [0.15, 0.2) is 18.2 Å². The third-order valence-electron chi connectivity index (χ3n) is 2.20. The van der Waals surface area contributed by atoms with Crippen molar-refractivity contribution in [2.24, 2.45) is 5.73 Å². The first-order valence-electron chi connectivity index (χ1n) is 5.29. The number of carbonyl (C=O) groups excluding carboxylic acids is 1. The molecule has 0 amide bonds. The highest BCUT2D eigenvalue weighted by molar-refractivity contribution is 6.32. The van der Waals surface area contributed by atoms with Crippen LogP contribution >= 0.6 is 11.6 Å². The lowest BCUT2D eigenvalue weighted by atomic mass is 10.1. The van der Waals surface area contributed by atoms with Gasteiger partial charge in [-0.05, 0) is 31.0 Å². The van der Waals surface area contributed by atoms with E-state index < -0.39 is 12.0 Å². The van der Waals surface area contributed by atoms with Gasteiger partial charge >= 0.3 is 5.97 Å². The van der Waals surface area contributed by atoms with Gasteiger partial charge in [-0.25, -0.2) is 0 Å². The molecule has 3 N–H and O–H groups in total. The Morgan fingerprint density at radius 1 is 1.50 bits per heavy atom. The van der Waals surface area contributed by atoms with Crippen LogP contribution in [0.25, 0.3) is 0 Å². The van der Waals surface area contributed by atoms with E-state index in [1.165, 1.54) is 6.92 Å². The molecular weight excluding hydrogens is 258 g/mol. The molecule has 0 spiro atoms. The van der Waals surface area contributed by atoms with E-state index in [1.54, 1.807) is 18.2 Å². The zero-order valence-electron chi connectivity index (χ0n) is 9.85. The highest BCUT2D eigenvalue weighted by Gasteiger charge is 2.13. The molecular formula is C12H14ClNO4. The first-order chi connectivity index (χ1) is 8.40. The van der Waals surface area contributed by atoms with Crippen molar-refractivity contribution in [3.05, 3.63) is 28.8 Å². The van der Waals surface area contributed by atoms with Crippen LogP contribution in [-0.4, -0.2) is 29.5 Å². The van der Waals surface area contributed by atoms with Gasteiger partial charge in [0, 0.05) is 0 Å². The van der Waals surface area contributed by atoms with Gasteiger partial charge in [0.15, 0.2) is 5.78 Å². The third-order valence-corrected chi connectivity index (χ3v) is 2.50. The maximum Gasteiger partial charge on any atom is 0.320 e. The summed E-state index contributed by atoms with van der Waals surface area (Å²) in [5, 5.41) is 9.02. The van der Waals surface area contributed by atoms with Crippen molar-refractivity contribution in [1.29, 1.82) is 0 Å².